The maximum absolute atomic E-state index is 5.49. The number of ether oxygens (including phenoxy) is 1. The highest BCUT2D eigenvalue weighted by Crippen LogP contribution is 2.37. The summed E-state index contributed by atoms with van der Waals surface area (Å²) in [4.78, 5) is 2.47. The molecule has 1 N–H and O–H groups in total. The molecule has 0 aromatic heterocycles. The van der Waals surface area contributed by atoms with Crippen molar-refractivity contribution in [2.24, 2.45) is 0 Å². The summed E-state index contributed by atoms with van der Waals surface area (Å²) >= 11 is 0. The fourth-order valence-corrected chi connectivity index (χ4v) is 2.95. The van der Waals surface area contributed by atoms with Gasteiger partial charge in [-0.25, -0.2) is 0 Å². The van der Waals surface area contributed by atoms with Crippen LogP contribution in [-0.4, -0.2) is 32.3 Å². The number of hydrogen-bond donors (Lipinski definition) is 1. The lowest BCUT2D eigenvalue weighted by atomic mass is 9.86. The van der Waals surface area contributed by atoms with E-state index in [1.165, 1.54) is 12.1 Å². The molecule has 1 fully saturated rings. The highest BCUT2D eigenvalue weighted by molar-refractivity contribution is 5.60. The molecule has 0 bridgehead atoms. The van der Waals surface area contributed by atoms with Gasteiger partial charge in [-0.3, -0.25) is 0 Å². The van der Waals surface area contributed by atoms with Gasteiger partial charge in [0.15, 0.2) is 0 Å². The van der Waals surface area contributed by atoms with Crippen LogP contribution in [0, 0.1) is 0 Å². The predicted molar refractivity (Wildman–Crippen MR) is 76.5 cm³/mol. The predicted octanol–water partition coefficient (Wildman–Crippen LogP) is 2.66. The Morgan fingerprint density at radius 2 is 2.06 bits per heavy atom. The van der Waals surface area contributed by atoms with E-state index in [1.807, 2.05) is 12.1 Å². The van der Waals surface area contributed by atoms with Crippen molar-refractivity contribution in [3.8, 4) is 5.75 Å². The van der Waals surface area contributed by atoms with Crippen LogP contribution in [0.15, 0.2) is 24.3 Å². The molecule has 18 heavy (non-hydrogen) atoms. The Hall–Kier alpha value is -1.22. The van der Waals surface area contributed by atoms with Crippen molar-refractivity contribution in [2.75, 3.05) is 25.6 Å². The van der Waals surface area contributed by atoms with E-state index in [4.69, 9.17) is 4.74 Å². The number of para-hydroxylation sites is 2. The van der Waals surface area contributed by atoms with Crippen molar-refractivity contribution in [3.05, 3.63) is 24.3 Å². The molecule has 1 heterocycles. The molecule has 1 aliphatic heterocycles. The van der Waals surface area contributed by atoms with E-state index in [0.717, 1.165) is 18.7 Å². The van der Waals surface area contributed by atoms with Crippen LogP contribution < -0.4 is 15.0 Å². The van der Waals surface area contributed by atoms with E-state index in [0.29, 0.717) is 6.04 Å². The third-order valence-corrected chi connectivity index (χ3v) is 3.96. The summed E-state index contributed by atoms with van der Waals surface area (Å²) in [5, 5.41) is 3.40. The van der Waals surface area contributed by atoms with Gasteiger partial charge in [0.1, 0.15) is 5.75 Å². The smallest absolute Gasteiger partial charge is 0.142 e. The van der Waals surface area contributed by atoms with Crippen LogP contribution in [0.25, 0.3) is 0 Å². The number of hydrogen-bond acceptors (Lipinski definition) is 3. The fraction of sp³-hybridized carbons (Fsp3) is 0.600. The van der Waals surface area contributed by atoms with Gasteiger partial charge in [-0.05, 0) is 45.9 Å². The SMILES string of the molecule is CNC1CCN(c2ccccc2OC)C(C)(C)C1. The second-order valence-electron chi connectivity index (χ2n) is 5.61. The van der Waals surface area contributed by atoms with E-state index in [1.54, 1.807) is 7.11 Å². The molecule has 0 radical (unpaired) electrons. The first-order chi connectivity index (χ1) is 8.58. The zero-order chi connectivity index (χ0) is 13.2. The summed E-state index contributed by atoms with van der Waals surface area (Å²) in [6, 6.07) is 8.91. The molecule has 1 aliphatic rings. The van der Waals surface area contributed by atoms with E-state index in [9.17, 15) is 0 Å². The van der Waals surface area contributed by atoms with Gasteiger partial charge in [-0.2, -0.15) is 0 Å². The molecule has 3 nitrogen and oxygen atoms in total. The van der Waals surface area contributed by atoms with E-state index < -0.39 is 0 Å². The first-order valence-corrected chi connectivity index (χ1v) is 6.66. The Morgan fingerprint density at radius 3 is 2.67 bits per heavy atom. The number of rotatable bonds is 3. The van der Waals surface area contributed by atoms with Crippen molar-refractivity contribution in [1.29, 1.82) is 0 Å². The van der Waals surface area contributed by atoms with Gasteiger partial charge < -0.3 is 15.0 Å². The summed E-state index contributed by atoms with van der Waals surface area (Å²) in [5.41, 5.74) is 1.36. The highest BCUT2D eigenvalue weighted by atomic mass is 16.5. The normalized spacial score (nSPS) is 22.9. The highest BCUT2D eigenvalue weighted by Gasteiger charge is 2.35. The summed E-state index contributed by atoms with van der Waals surface area (Å²) in [7, 11) is 3.80. The Balaban J connectivity index is 2.27. The van der Waals surface area contributed by atoms with Gasteiger partial charge in [0.05, 0.1) is 12.8 Å². The molecule has 1 saturated heterocycles. The minimum atomic E-state index is 0.153. The van der Waals surface area contributed by atoms with Gasteiger partial charge in [0.2, 0.25) is 0 Å². The molecule has 0 aliphatic carbocycles. The number of nitrogens with one attached hydrogen (secondary N) is 1. The monoisotopic (exact) mass is 248 g/mol. The van der Waals surface area contributed by atoms with Crippen LogP contribution >= 0.6 is 0 Å². The van der Waals surface area contributed by atoms with Gasteiger partial charge in [0, 0.05) is 18.1 Å². The van der Waals surface area contributed by atoms with Gasteiger partial charge in [-0.15, -0.1) is 0 Å². The van der Waals surface area contributed by atoms with E-state index in [2.05, 4.69) is 43.2 Å². The van der Waals surface area contributed by atoms with Crippen molar-refractivity contribution in [1.82, 2.24) is 5.32 Å². The van der Waals surface area contributed by atoms with Crippen LogP contribution in [0.3, 0.4) is 0 Å². The molecule has 0 amide bonds. The first-order valence-electron chi connectivity index (χ1n) is 6.66. The summed E-state index contributed by atoms with van der Waals surface area (Å²) in [6.45, 7) is 5.69. The van der Waals surface area contributed by atoms with Gasteiger partial charge >= 0.3 is 0 Å². The number of nitrogens with zero attached hydrogens (tertiary/aromatic N) is 1. The molecule has 0 saturated carbocycles. The molecule has 0 spiro atoms. The van der Waals surface area contributed by atoms with Crippen LogP contribution in [0.1, 0.15) is 26.7 Å². The lowest BCUT2D eigenvalue weighted by Gasteiger charge is -2.47. The number of benzene rings is 1. The molecular formula is C15H24N2O. The molecule has 1 atom stereocenters. The van der Waals surface area contributed by atoms with Gasteiger partial charge in [-0.1, -0.05) is 12.1 Å². The zero-order valence-corrected chi connectivity index (χ0v) is 11.9. The summed E-state index contributed by atoms with van der Waals surface area (Å²) in [6.07, 6.45) is 2.33. The van der Waals surface area contributed by atoms with Crippen LogP contribution in [0.2, 0.25) is 0 Å². The quantitative estimate of drug-likeness (QED) is 0.890. The third kappa shape index (κ3) is 2.46. The third-order valence-electron chi connectivity index (χ3n) is 3.96. The topological polar surface area (TPSA) is 24.5 Å². The van der Waals surface area contributed by atoms with Crippen LogP contribution in [0.4, 0.5) is 5.69 Å². The van der Waals surface area contributed by atoms with Crippen LogP contribution in [0.5, 0.6) is 5.75 Å². The molecule has 1 aromatic rings. The zero-order valence-electron chi connectivity index (χ0n) is 11.9. The lowest BCUT2D eigenvalue weighted by molar-refractivity contribution is 0.298. The lowest BCUT2D eigenvalue weighted by Crippen LogP contribution is -2.54. The van der Waals surface area contributed by atoms with Crippen molar-refractivity contribution >= 4 is 5.69 Å². The maximum atomic E-state index is 5.49. The van der Waals surface area contributed by atoms with Gasteiger partial charge in [0.25, 0.3) is 0 Å². The maximum Gasteiger partial charge on any atom is 0.142 e. The molecule has 2 rings (SSSR count). The largest absolute Gasteiger partial charge is 0.495 e. The molecule has 3 heteroatoms. The second kappa shape index (κ2) is 5.19. The van der Waals surface area contributed by atoms with Crippen molar-refractivity contribution < 1.29 is 4.74 Å². The number of anilines is 1. The molecule has 1 aromatic carbocycles. The summed E-state index contributed by atoms with van der Waals surface area (Å²) < 4.78 is 5.49. The van der Waals surface area contributed by atoms with Crippen molar-refractivity contribution in [3.63, 3.8) is 0 Å². The summed E-state index contributed by atoms with van der Waals surface area (Å²) in [5.74, 6) is 0.966. The fourth-order valence-electron chi connectivity index (χ4n) is 2.95. The molecular weight excluding hydrogens is 224 g/mol. The van der Waals surface area contributed by atoms with E-state index >= 15 is 0 Å². The Bertz CT molecular complexity index is 403. The van der Waals surface area contributed by atoms with Crippen LogP contribution in [-0.2, 0) is 0 Å². The standard InChI is InChI=1S/C15H24N2O/c1-15(2)11-12(16-3)9-10-17(15)13-7-5-6-8-14(13)18-4/h5-8,12,16H,9-11H2,1-4H3. The Morgan fingerprint density at radius 1 is 1.33 bits per heavy atom. The molecule has 1 unspecified atom stereocenters. The second-order valence-corrected chi connectivity index (χ2v) is 5.61. The minimum Gasteiger partial charge on any atom is -0.495 e. The average molecular weight is 248 g/mol. The number of piperidine rings is 1. The van der Waals surface area contributed by atoms with E-state index in [-0.39, 0.29) is 5.54 Å². The first kappa shape index (κ1) is 13.2. The Kier molecular flexibility index (Phi) is 3.81. The average Bonchev–Trinajstić information content (AvgIpc) is 2.37. The Labute approximate surface area is 110 Å². The number of methoxy groups -OCH3 is 1. The minimum absolute atomic E-state index is 0.153. The molecule has 100 valence electrons. The van der Waals surface area contributed by atoms with Crippen molar-refractivity contribution in [2.45, 2.75) is 38.3 Å².